The van der Waals surface area contributed by atoms with E-state index in [0.717, 1.165) is 44.6 Å². The Balaban J connectivity index is 0.00000225. The number of amides is 2. The number of carbonyl (C=O) groups excluding carboxylic acids is 2. The molecule has 0 spiro atoms. The van der Waals surface area contributed by atoms with Crippen LogP contribution in [0.15, 0.2) is 41.0 Å². The minimum Gasteiger partial charge on any atom is -0.459 e. The van der Waals surface area contributed by atoms with E-state index in [-0.39, 0.29) is 30.0 Å². The maximum atomic E-state index is 13.0. The summed E-state index contributed by atoms with van der Waals surface area (Å²) >= 11 is 0. The van der Waals surface area contributed by atoms with Crippen molar-refractivity contribution >= 4 is 29.9 Å². The molecule has 2 atom stereocenters. The van der Waals surface area contributed by atoms with Gasteiger partial charge in [-0.25, -0.2) is 0 Å². The van der Waals surface area contributed by atoms with Crippen molar-refractivity contribution in [1.29, 1.82) is 0 Å². The molecule has 0 radical (unpaired) electrons. The summed E-state index contributed by atoms with van der Waals surface area (Å²) in [7, 11) is 0. The Labute approximate surface area is 171 Å². The Morgan fingerprint density at radius 1 is 1.14 bits per heavy atom. The lowest BCUT2D eigenvalue weighted by Gasteiger charge is -2.21. The minimum absolute atomic E-state index is 0. The molecule has 6 nitrogen and oxygen atoms in total. The third kappa shape index (κ3) is 4.23. The van der Waals surface area contributed by atoms with Crippen molar-refractivity contribution in [3.63, 3.8) is 0 Å². The number of carbonyl (C=O) groups is 2. The first-order chi connectivity index (χ1) is 13.1. The number of benzene rings is 1. The van der Waals surface area contributed by atoms with Gasteiger partial charge in [0.15, 0.2) is 5.76 Å². The highest BCUT2D eigenvalue weighted by Crippen LogP contribution is 2.28. The van der Waals surface area contributed by atoms with Crippen molar-refractivity contribution in [2.45, 2.75) is 19.8 Å². The molecule has 2 aliphatic rings. The molecule has 1 aromatic carbocycles. The van der Waals surface area contributed by atoms with Crippen LogP contribution in [-0.2, 0) is 0 Å². The monoisotopic (exact) mass is 403 g/mol. The van der Waals surface area contributed by atoms with Crippen molar-refractivity contribution in [3.8, 4) is 0 Å². The molecule has 28 heavy (non-hydrogen) atoms. The molecule has 2 amide bonds. The molecule has 150 valence electrons. The second-order valence-electron chi connectivity index (χ2n) is 7.51. The molecule has 3 heterocycles. The van der Waals surface area contributed by atoms with Crippen LogP contribution in [-0.4, -0.2) is 42.9 Å². The first-order valence-corrected chi connectivity index (χ1v) is 9.57. The topological polar surface area (TPSA) is 74.6 Å². The number of hydrogen-bond donors (Lipinski definition) is 2. The van der Waals surface area contributed by atoms with Crippen molar-refractivity contribution in [3.05, 3.63) is 53.5 Å². The third-order valence-corrected chi connectivity index (χ3v) is 5.78. The second kappa shape index (κ2) is 8.80. The standard InChI is InChI=1S/C21H25N3O3.ClH/c1-14-4-5-15(11-18(14)23-20(25)19-3-2-10-27-19)21(26)24-8-6-16-12-22-13-17(16)7-9-24;/h2-5,10-11,16-17,22H,6-9,12-13H2,1H3,(H,23,25);1H/t16-,17+;. The van der Waals surface area contributed by atoms with Crippen molar-refractivity contribution in [2.75, 3.05) is 31.5 Å². The Hall–Kier alpha value is -2.31. The molecule has 0 bridgehead atoms. The number of furan rings is 1. The molecule has 2 N–H and O–H groups in total. The van der Waals surface area contributed by atoms with E-state index in [0.29, 0.717) is 23.1 Å². The summed E-state index contributed by atoms with van der Waals surface area (Å²) in [6.45, 7) is 5.64. The number of fused-ring (bicyclic) bond motifs is 1. The van der Waals surface area contributed by atoms with Crippen LogP contribution < -0.4 is 10.6 Å². The summed E-state index contributed by atoms with van der Waals surface area (Å²) in [6.07, 6.45) is 3.57. The fraction of sp³-hybridized carbons (Fsp3) is 0.429. The normalized spacial score (nSPS) is 21.4. The number of halogens is 1. The van der Waals surface area contributed by atoms with E-state index in [1.165, 1.54) is 6.26 Å². The first kappa shape index (κ1) is 20.4. The molecule has 0 unspecified atom stereocenters. The van der Waals surface area contributed by atoms with Crippen LogP contribution >= 0.6 is 12.4 Å². The van der Waals surface area contributed by atoms with E-state index in [1.807, 2.05) is 24.0 Å². The van der Waals surface area contributed by atoms with E-state index in [1.54, 1.807) is 18.2 Å². The van der Waals surface area contributed by atoms with E-state index < -0.39 is 0 Å². The summed E-state index contributed by atoms with van der Waals surface area (Å²) in [5, 5.41) is 6.30. The first-order valence-electron chi connectivity index (χ1n) is 9.57. The molecule has 7 heteroatoms. The van der Waals surface area contributed by atoms with Crippen LogP contribution in [0.3, 0.4) is 0 Å². The predicted octanol–water partition coefficient (Wildman–Crippen LogP) is 3.33. The Morgan fingerprint density at radius 3 is 2.50 bits per heavy atom. The number of anilines is 1. The van der Waals surface area contributed by atoms with Crippen LogP contribution in [0.5, 0.6) is 0 Å². The zero-order valence-corrected chi connectivity index (χ0v) is 16.8. The van der Waals surface area contributed by atoms with Gasteiger partial charge < -0.3 is 20.0 Å². The molecule has 2 aliphatic heterocycles. The quantitative estimate of drug-likeness (QED) is 0.824. The number of hydrogen-bond acceptors (Lipinski definition) is 4. The van der Waals surface area contributed by atoms with E-state index in [9.17, 15) is 9.59 Å². The van der Waals surface area contributed by atoms with Gasteiger partial charge in [0.1, 0.15) is 0 Å². The zero-order valence-electron chi connectivity index (χ0n) is 15.9. The number of likely N-dealkylation sites (tertiary alicyclic amines) is 1. The van der Waals surface area contributed by atoms with E-state index in [2.05, 4.69) is 10.6 Å². The van der Waals surface area contributed by atoms with Gasteiger partial charge in [-0.3, -0.25) is 9.59 Å². The number of nitrogens with one attached hydrogen (secondary N) is 2. The van der Waals surface area contributed by atoms with Gasteiger partial charge in [0.25, 0.3) is 11.8 Å². The summed E-state index contributed by atoms with van der Waals surface area (Å²) in [5.41, 5.74) is 2.15. The largest absolute Gasteiger partial charge is 0.459 e. The van der Waals surface area contributed by atoms with Gasteiger partial charge in [-0.1, -0.05) is 6.07 Å². The molecule has 4 rings (SSSR count). The van der Waals surface area contributed by atoms with Gasteiger partial charge in [-0.05, 0) is 74.5 Å². The van der Waals surface area contributed by atoms with Gasteiger partial charge in [-0.15, -0.1) is 12.4 Å². The number of rotatable bonds is 3. The van der Waals surface area contributed by atoms with Crippen molar-refractivity contribution in [2.24, 2.45) is 11.8 Å². The van der Waals surface area contributed by atoms with Crippen LogP contribution in [0.2, 0.25) is 0 Å². The highest BCUT2D eigenvalue weighted by molar-refractivity contribution is 6.03. The minimum atomic E-state index is -0.317. The van der Waals surface area contributed by atoms with Gasteiger partial charge in [0, 0.05) is 24.3 Å². The Morgan fingerprint density at radius 2 is 1.86 bits per heavy atom. The summed E-state index contributed by atoms with van der Waals surface area (Å²) in [4.78, 5) is 27.2. The van der Waals surface area contributed by atoms with Gasteiger partial charge in [-0.2, -0.15) is 0 Å². The van der Waals surface area contributed by atoms with Crippen LogP contribution in [0.4, 0.5) is 5.69 Å². The molecule has 2 fully saturated rings. The second-order valence-corrected chi connectivity index (χ2v) is 7.51. The summed E-state index contributed by atoms with van der Waals surface area (Å²) in [5.74, 6) is 1.34. The highest BCUT2D eigenvalue weighted by Gasteiger charge is 2.31. The average molecular weight is 404 g/mol. The Bertz CT molecular complexity index is 823. The zero-order chi connectivity index (χ0) is 18.8. The van der Waals surface area contributed by atoms with Gasteiger partial charge in [0.2, 0.25) is 0 Å². The molecular weight excluding hydrogens is 378 g/mol. The summed E-state index contributed by atoms with van der Waals surface area (Å²) < 4.78 is 5.14. The number of nitrogens with zero attached hydrogens (tertiary/aromatic N) is 1. The van der Waals surface area contributed by atoms with E-state index >= 15 is 0 Å². The lowest BCUT2D eigenvalue weighted by molar-refractivity contribution is 0.0758. The molecular formula is C21H26ClN3O3. The maximum absolute atomic E-state index is 13.0. The third-order valence-electron chi connectivity index (χ3n) is 5.78. The molecule has 1 aromatic heterocycles. The maximum Gasteiger partial charge on any atom is 0.291 e. The fourth-order valence-electron chi connectivity index (χ4n) is 4.09. The van der Waals surface area contributed by atoms with Gasteiger partial charge >= 0.3 is 0 Å². The lowest BCUT2D eigenvalue weighted by atomic mass is 9.92. The van der Waals surface area contributed by atoms with E-state index in [4.69, 9.17) is 4.42 Å². The van der Waals surface area contributed by atoms with Crippen molar-refractivity contribution in [1.82, 2.24) is 10.2 Å². The molecule has 2 aromatic rings. The van der Waals surface area contributed by atoms with Gasteiger partial charge in [0.05, 0.1) is 6.26 Å². The summed E-state index contributed by atoms with van der Waals surface area (Å²) in [6, 6.07) is 8.77. The Kier molecular flexibility index (Phi) is 6.42. The molecule has 0 saturated carbocycles. The van der Waals surface area contributed by atoms with Crippen LogP contribution in [0, 0.1) is 18.8 Å². The van der Waals surface area contributed by atoms with Crippen LogP contribution in [0.25, 0.3) is 0 Å². The van der Waals surface area contributed by atoms with Crippen LogP contribution in [0.1, 0.15) is 39.3 Å². The lowest BCUT2D eigenvalue weighted by Crippen LogP contribution is -2.32. The number of aryl methyl sites for hydroxylation is 1. The fourth-order valence-corrected chi connectivity index (χ4v) is 4.09. The SMILES string of the molecule is Cc1ccc(C(=O)N2CC[C@@H]3CNC[C@@H]3CC2)cc1NC(=O)c1ccco1.Cl. The average Bonchev–Trinajstić information content (AvgIpc) is 3.32. The van der Waals surface area contributed by atoms with Crippen molar-refractivity contribution < 1.29 is 14.0 Å². The molecule has 2 saturated heterocycles. The smallest absolute Gasteiger partial charge is 0.291 e. The highest BCUT2D eigenvalue weighted by atomic mass is 35.5. The predicted molar refractivity (Wildman–Crippen MR) is 110 cm³/mol. The molecule has 0 aliphatic carbocycles.